The van der Waals surface area contributed by atoms with Crippen molar-refractivity contribution in [2.24, 2.45) is 0 Å². The maximum Gasteiger partial charge on any atom is 0.164 e. The van der Waals surface area contributed by atoms with Gasteiger partial charge in [-0.15, -0.1) is 0 Å². The van der Waals surface area contributed by atoms with Crippen molar-refractivity contribution >= 4 is 21.9 Å². The van der Waals surface area contributed by atoms with Crippen molar-refractivity contribution in [2.75, 3.05) is 0 Å². The molecule has 4 nitrogen and oxygen atoms in total. The summed E-state index contributed by atoms with van der Waals surface area (Å²) >= 11 is 0. The second-order valence-corrected chi connectivity index (χ2v) is 11.6. The number of fused-ring (bicyclic) bond motifs is 3. The second-order valence-electron chi connectivity index (χ2n) is 11.6. The van der Waals surface area contributed by atoms with Crippen molar-refractivity contribution in [3.63, 3.8) is 0 Å². The molecule has 0 spiro atoms. The van der Waals surface area contributed by atoms with Gasteiger partial charge in [0.1, 0.15) is 17.0 Å². The van der Waals surface area contributed by atoms with E-state index in [2.05, 4.69) is 68.4 Å². The van der Waals surface area contributed by atoms with E-state index in [0.29, 0.717) is 23.1 Å². The summed E-state index contributed by atoms with van der Waals surface area (Å²) in [7, 11) is 0. The fourth-order valence-corrected chi connectivity index (χ4v) is 5.87. The largest absolute Gasteiger partial charge is 0.455 e. The highest BCUT2D eigenvalue weighted by atomic mass is 19.1. The van der Waals surface area contributed by atoms with E-state index in [9.17, 15) is 4.39 Å². The number of aromatic nitrogens is 3. The fraction of sp³-hybridized carbons (Fsp3) is 0.0488. The molecule has 0 unspecified atom stereocenters. The van der Waals surface area contributed by atoms with Crippen LogP contribution < -0.4 is 0 Å². The number of rotatable bonds is 5. The molecular weight excluding hydrogens is 569 g/mol. The van der Waals surface area contributed by atoms with Crippen molar-refractivity contribution in [1.29, 1.82) is 0 Å². The molecule has 0 saturated heterocycles. The maximum atomic E-state index is 14.0. The van der Waals surface area contributed by atoms with Gasteiger partial charge in [0, 0.05) is 39.1 Å². The standard InChI is InChI=1S/C41H28FN3O/c1-25-12-16-27(17-13-25)39-43-40(28-18-14-26(2)15-19-28)45-41(44-39)32-9-4-7-30(23-32)29-6-3-8-31(22-29)34-10-5-11-36-35-21-20-33(42)24-37(35)46-38(34)36/h3-24H,1-2H3. The Labute approximate surface area is 265 Å². The van der Waals surface area contributed by atoms with Gasteiger partial charge in [0.25, 0.3) is 0 Å². The SMILES string of the molecule is Cc1ccc(-c2nc(-c3ccc(C)cc3)nc(-c3cccc(-c4cccc(-c5cccc6c5oc5cc(F)ccc56)c4)c3)n2)cc1. The highest BCUT2D eigenvalue weighted by Gasteiger charge is 2.15. The molecule has 220 valence electrons. The van der Waals surface area contributed by atoms with Crippen LogP contribution in [0.2, 0.25) is 0 Å². The molecule has 0 amide bonds. The van der Waals surface area contributed by atoms with Gasteiger partial charge in [-0.2, -0.15) is 0 Å². The van der Waals surface area contributed by atoms with Crippen molar-refractivity contribution in [3.8, 4) is 56.4 Å². The average Bonchev–Trinajstić information content (AvgIpc) is 3.46. The van der Waals surface area contributed by atoms with Crippen molar-refractivity contribution in [3.05, 3.63) is 150 Å². The lowest BCUT2D eigenvalue weighted by molar-refractivity contribution is 0.618. The Kier molecular flexibility index (Phi) is 6.72. The number of halogens is 1. The topological polar surface area (TPSA) is 51.8 Å². The van der Waals surface area contributed by atoms with E-state index >= 15 is 0 Å². The Morgan fingerprint density at radius 3 is 1.61 bits per heavy atom. The van der Waals surface area contributed by atoms with E-state index in [-0.39, 0.29) is 5.82 Å². The molecule has 0 saturated carbocycles. The van der Waals surface area contributed by atoms with E-state index in [4.69, 9.17) is 19.4 Å². The molecule has 0 N–H and O–H groups in total. The molecule has 6 aromatic carbocycles. The zero-order chi connectivity index (χ0) is 31.2. The van der Waals surface area contributed by atoms with E-state index in [1.54, 1.807) is 6.07 Å². The summed E-state index contributed by atoms with van der Waals surface area (Å²) in [5.74, 6) is 1.56. The maximum absolute atomic E-state index is 14.0. The van der Waals surface area contributed by atoms with Crippen molar-refractivity contribution < 1.29 is 8.81 Å². The van der Waals surface area contributed by atoms with Gasteiger partial charge in [0.05, 0.1) is 0 Å². The van der Waals surface area contributed by atoms with Crippen LogP contribution in [0.15, 0.2) is 138 Å². The van der Waals surface area contributed by atoms with Gasteiger partial charge in [-0.05, 0) is 54.8 Å². The lowest BCUT2D eigenvalue weighted by Crippen LogP contribution is -2.00. The number of para-hydroxylation sites is 1. The minimum Gasteiger partial charge on any atom is -0.455 e. The minimum absolute atomic E-state index is 0.315. The van der Waals surface area contributed by atoms with Crippen LogP contribution in [-0.2, 0) is 0 Å². The lowest BCUT2D eigenvalue weighted by atomic mass is 9.97. The summed E-state index contributed by atoms with van der Waals surface area (Å²) < 4.78 is 20.1. The summed E-state index contributed by atoms with van der Waals surface area (Å²) in [6, 6.07) is 43.9. The predicted molar refractivity (Wildman–Crippen MR) is 184 cm³/mol. The highest BCUT2D eigenvalue weighted by Crippen LogP contribution is 2.37. The molecule has 0 bridgehead atoms. The summed E-state index contributed by atoms with van der Waals surface area (Å²) in [4.78, 5) is 14.8. The van der Waals surface area contributed by atoms with E-state index in [1.807, 2.05) is 60.7 Å². The Morgan fingerprint density at radius 1 is 0.457 bits per heavy atom. The van der Waals surface area contributed by atoms with Crippen LogP contribution in [0.4, 0.5) is 4.39 Å². The number of nitrogens with zero attached hydrogens (tertiary/aromatic N) is 3. The number of benzene rings is 6. The quantitative estimate of drug-likeness (QED) is 0.198. The van der Waals surface area contributed by atoms with Crippen molar-refractivity contribution in [2.45, 2.75) is 13.8 Å². The molecule has 0 aliphatic heterocycles. The van der Waals surface area contributed by atoms with Gasteiger partial charge in [0.2, 0.25) is 0 Å². The molecule has 0 atom stereocenters. The zero-order valence-electron chi connectivity index (χ0n) is 25.3. The number of furan rings is 1. The molecule has 8 aromatic rings. The summed E-state index contributed by atoms with van der Waals surface area (Å²) in [6.45, 7) is 4.14. The lowest BCUT2D eigenvalue weighted by Gasteiger charge is -2.11. The molecule has 0 aliphatic carbocycles. The third-order valence-corrected chi connectivity index (χ3v) is 8.34. The number of hydrogen-bond acceptors (Lipinski definition) is 4. The molecule has 0 radical (unpaired) electrons. The second kappa shape index (κ2) is 11.2. The Balaban J connectivity index is 1.22. The van der Waals surface area contributed by atoms with Crippen LogP contribution in [0, 0.1) is 19.7 Å². The monoisotopic (exact) mass is 597 g/mol. The molecule has 2 aromatic heterocycles. The van der Waals surface area contributed by atoms with E-state index in [1.165, 1.54) is 23.3 Å². The molecule has 46 heavy (non-hydrogen) atoms. The van der Waals surface area contributed by atoms with Crippen LogP contribution in [0.25, 0.3) is 78.4 Å². The van der Waals surface area contributed by atoms with Crippen molar-refractivity contribution in [1.82, 2.24) is 15.0 Å². The van der Waals surface area contributed by atoms with Crippen LogP contribution >= 0.6 is 0 Å². The number of hydrogen-bond donors (Lipinski definition) is 0. The normalized spacial score (nSPS) is 11.4. The zero-order valence-corrected chi connectivity index (χ0v) is 25.3. The summed E-state index contributed by atoms with van der Waals surface area (Å²) in [5, 5.41) is 1.86. The molecule has 2 heterocycles. The Morgan fingerprint density at radius 2 is 0.978 bits per heavy atom. The summed E-state index contributed by atoms with van der Waals surface area (Å²) in [6.07, 6.45) is 0. The van der Waals surface area contributed by atoms with Crippen LogP contribution in [0.1, 0.15) is 11.1 Å². The van der Waals surface area contributed by atoms with E-state index in [0.717, 1.165) is 55.3 Å². The van der Waals surface area contributed by atoms with Gasteiger partial charge < -0.3 is 4.42 Å². The molecular formula is C41H28FN3O. The first-order chi connectivity index (χ1) is 22.5. The third-order valence-electron chi connectivity index (χ3n) is 8.34. The van der Waals surface area contributed by atoms with Gasteiger partial charge >= 0.3 is 0 Å². The first-order valence-corrected chi connectivity index (χ1v) is 15.2. The summed E-state index contributed by atoms with van der Waals surface area (Å²) in [5.41, 5.74) is 10.5. The van der Waals surface area contributed by atoms with Crippen LogP contribution in [0.5, 0.6) is 0 Å². The molecule has 8 rings (SSSR count). The van der Waals surface area contributed by atoms with Gasteiger partial charge in [-0.3, -0.25) is 0 Å². The average molecular weight is 598 g/mol. The number of aryl methyl sites for hydroxylation is 2. The van der Waals surface area contributed by atoms with E-state index < -0.39 is 0 Å². The smallest absolute Gasteiger partial charge is 0.164 e. The van der Waals surface area contributed by atoms with Crippen LogP contribution in [-0.4, -0.2) is 15.0 Å². The first-order valence-electron chi connectivity index (χ1n) is 15.2. The van der Waals surface area contributed by atoms with Gasteiger partial charge in [0.15, 0.2) is 17.5 Å². The van der Waals surface area contributed by atoms with Gasteiger partial charge in [-0.25, -0.2) is 19.3 Å². The first kappa shape index (κ1) is 27.6. The molecule has 0 fully saturated rings. The third kappa shape index (κ3) is 5.12. The predicted octanol–water partition coefficient (Wildman–Crippen LogP) is 10.9. The van der Waals surface area contributed by atoms with Crippen LogP contribution in [0.3, 0.4) is 0 Å². The Hall–Kier alpha value is -5.94. The minimum atomic E-state index is -0.315. The highest BCUT2D eigenvalue weighted by molar-refractivity contribution is 6.09. The molecule has 5 heteroatoms. The fourth-order valence-electron chi connectivity index (χ4n) is 5.87. The van der Waals surface area contributed by atoms with Gasteiger partial charge in [-0.1, -0.05) is 114 Å². The molecule has 0 aliphatic rings. The Bertz CT molecular complexity index is 2330.